The first kappa shape index (κ1) is 15.8. The molecule has 2 N–H and O–H groups in total. The number of nitrogens with one attached hydrogen (secondary N) is 2. The number of carbonyl (C=O) groups excluding carboxylic acids is 2. The number of urea groups is 1. The lowest BCUT2D eigenvalue weighted by molar-refractivity contribution is -0.120. The molecular weight excluding hydrogens is 383 g/mol. The third kappa shape index (κ3) is 3.37. The number of rotatable bonds is 4. The molecule has 21 heavy (non-hydrogen) atoms. The molecule has 1 aliphatic heterocycles. The van der Waals surface area contributed by atoms with E-state index in [9.17, 15) is 9.59 Å². The van der Waals surface area contributed by atoms with Gasteiger partial charge in [0.05, 0.1) is 18.6 Å². The lowest BCUT2D eigenvalue weighted by Crippen LogP contribution is -2.50. The predicted molar refractivity (Wildman–Crippen MR) is 88.0 cm³/mol. The molecule has 1 saturated heterocycles. The van der Waals surface area contributed by atoms with Crippen molar-refractivity contribution in [1.29, 1.82) is 0 Å². The molecule has 0 spiro atoms. The van der Waals surface area contributed by atoms with Gasteiger partial charge in [-0.1, -0.05) is 6.58 Å². The maximum absolute atomic E-state index is 12.0. The van der Waals surface area contributed by atoms with Crippen LogP contribution in [0, 0.1) is 9.49 Å². The summed E-state index contributed by atoms with van der Waals surface area (Å²) >= 11 is 2.19. The Kier molecular flexibility index (Phi) is 4.87. The Morgan fingerprint density at radius 2 is 2.19 bits per heavy atom. The Hall–Kier alpha value is -1.57. The second kappa shape index (κ2) is 6.46. The first-order valence-corrected chi connectivity index (χ1v) is 7.71. The zero-order chi connectivity index (χ0) is 15.6. The highest BCUT2D eigenvalue weighted by Gasteiger charge is 2.37. The number of hydrogen-bond donors (Lipinski definition) is 2. The van der Waals surface area contributed by atoms with Gasteiger partial charge in [0, 0.05) is 14.8 Å². The molecule has 1 aromatic carbocycles. The van der Waals surface area contributed by atoms with E-state index in [0.29, 0.717) is 18.1 Å². The molecule has 1 aromatic rings. The van der Waals surface area contributed by atoms with Gasteiger partial charge in [-0.15, -0.1) is 0 Å². The average molecular weight is 400 g/mol. The van der Waals surface area contributed by atoms with Crippen LogP contribution in [-0.2, 0) is 4.79 Å². The number of ether oxygens (including phenoxy) is 1. The van der Waals surface area contributed by atoms with Crippen LogP contribution in [0.2, 0.25) is 0 Å². The minimum atomic E-state index is -0.514. The van der Waals surface area contributed by atoms with Gasteiger partial charge in [-0.3, -0.25) is 4.79 Å². The molecule has 0 aliphatic carbocycles. The third-order valence-electron chi connectivity index (χ3n) is 3.31. The monoisotopic (exact) mass is 400 g/mol. The zero-order valence-corrected chi connectivity index (χ0v) is 14.1. The van der Waals surface area contributed by atoms with Gasteiger partial charge < -0.3 is 15.4 Å². The summed E-state index contributed by atoms with van der Waals surface area (Å²) < 4.78 is 6.63. The largest absolute Gasteiger partial charge is 0.494 e. The van der Waals surface area contributed by atoms with E-state index < -0.39 is 12.0 Å². The van der Waals surface area contributed by atoms with Gasteiger partial charge in [0.25, 0.3) is 0 Å². The summed E-state index contributed by atoms with van der Waals surface area (Å²) in [6, 6.07) is 4.87. The van der Waals surface area contributed by atoms with E-state index in [1.165, 1.54) is 6.92 Å². The van der Waals surface area contributed by atoms with Crippen LogP contribution in [0.4, 0.5) is 4.79 Å². The molecule has 5 nitrogen and oxygen atoms in total. The van der Waals surface area contributed by atoms with E-state index in [1.807, 2.05) is 25.1 Å². The van der Waals surface area contributed by atoms with Crippen molar-refractivity contribution in [2.45, 2.75) is 19.9 Å². The highest BCUT2D eigenvalue weighted by molar-refractivity contribution is 14.1. The maximum atomic E-state index is 12.0. The average Bonchev–Trinajstić information content (AvgIpc) is 2.39. The molecule has 2 rings (SSSR count). The summed E-state index contributed by atoms with van der Waals surface area (Å²) in [7, 11) is 0. The number of benzene rings is 1. The molecule has 0 radical (unpaired) electrons. The van der Waals surface area contributed by atoms with E-state index in [1.54, 1.807) is 0 Å². The minimum Gasteiger partial charge on any atom is -0.494 e. The summed E-state index contributed by atoms with van der Waals surface area (Å²) in [6.07, 6.45) is 0. The fourth-order valence-electron chi connectivity index (χ4n) is 2.47. The van der Waals surface area contributed by atoms with E-state index >= 15 is 0 Å². The lowest BCUT2D eigenvalue weighted by Gasteiger charge is -2.34. The van der Waals surface area contributed by atoms with Crippen LogP contribution in [0.3, 0.4) is 0 Å². The van der Waals surface area contributed by atoms with Gasteiger partial charge >= 0.3 is 6.03 Å². The van der Waals surface area contributed by atoms with E-state index in [2.05, 4.69) is 39.8 Å². The van der Waals surface area contributed by atoms with Crippen molar-refractivity contribution in [2.75, 3.05) is 6.61 Å². The fourth-order valence-corrected chi connectivity index (χ4v) is 2.99. The van der Waals surface area contributed by atoms with Crippen molar-refractivity contribution in [3.05, 3.63) is 39.6 Å². The highest BCUT2D eigenvalue weighted by atomic mass is 127. The molecule has 1 fully saturated rings. The highest BCUT2D eigenvalue weighted by Crippen LogP contribution is 2.36. The molecule has 0 bridgehead atoms. The topological polar surface area (TPSA) is 67.4 Å². The van der Waals surface area contributed by atoms with E-state index in [4.69, 9.17) is 4.74 Å². The van der Waals surface area contributed by atoms with Gasteiger partial charge in [-0.2, -0.15) is 0 Å². The van der Waals surface area contributed by atoms with Crippen LogP contribution in [0.5, 0.6) is 5.75 Å². The molecule has 2 amide bonds. The van der Waals surface area contributed by atoms with Crippen LogP contribution in [-0.4, -0.2) is 18.4 Å². The molecule has 2 atom stereocenters. The molecule has 0 aromatic heterocycles. The molecule has 0 unspecified atom stereocenters. The Morgan fingerprint density at radius 1 is 1.48 bits per heavy atom. The van der Waals surface area contributed by atoms with Crippen molar-refractivity contribution in [3.63, 3.8) is 0 Å². The SMILES string of the molecule is C=C1NC(=O)N[C@@H](c2cc(I)ccc2OCC)[C@H]1C(C)=O. The number of hydrogen-bond acceptors (Lipinski definition) is 3. The number of ketones is 1. The molecular formula is C15H17IN2O3. The second-order valence-corrected chi connectivity index (χ2v) is 6.05. The summed E-state index contributed by atoms with van der Waals surface area (Å²) in [6.45, 7) is 7.71. The van der Waals surface area contributed by atoms with Crippen LogP contribution in [0.1, 0.15) is 25.5 Å². The van der Waals surface area contributed by atoms with Gasteiger partial charge in [0.2, 0.25) is 0 Å². The van der Waals surface area contributed by atoms with Crippen molar-refractivity contribution in [2.24, 2.45) is 5.92 Å². The van der Waals surface area contributed by atoms with Crippen LogP contribution in [0.15, 0.2) is 30.5 Å². The zero-order valence-electron chi connectivity index (χ0n) is 11.9. The molecule has 1 heterocycles. The Balaban J connectivity index is 2.50. The van der Waals surface area contributed by atoms with Crippen LogP contribution >= 0.6 is 22.6 Å². The molecule has 0 saturated carbocycles. The van der Waals surface area contributed by atoms with E-state index in [-0.39, 0.29) is 11.8 Å². The predicted octanol–water partition coefficient (Wildman–Crippen LogP) is 2.76. The number of carbonyl (C=O) groups is 2. The fraction of sp³-hybridized carbons (Fsp3) is 0.333. The van der Waals surface area contributed by atoms with Gasteiger partial charge in [-0.05, 0) is 54.6 Å². The lowest BCUT2D eigenvalue weighted by atomic mass is 9.86. The first-order chi connectivity index (χ1) is 9.93. The van der Waals surface area contributed by atoms with Crippen molar-refractivity contribution >= 4 is 34.4 Å². The Labute approximate surface area is 137 Å². The van der Waals surface area contributed by atoms with E-state index in [0.717, 1.165) is 9.13 Å². The number of amides is 2. The minimum absolute atomic E-state index is 0.0567. The summed E-state index contributed by atoms with van der Waals surface area (Å²) in [5.41, 5.74) is 1.21. The molecule has 1 aliphatic rings. The molecule has 6 heteroatoms. The normalized spacial score (nSPS) is 21.5. The summed E-state index contributed by atoms with van der Waals surface area (Å²) in [4.78, 5) is 23.7. The smallest absolute Gasteiger partial charge is 0.319 e. The number of Topliss-reactive ketones (excluding diaryl/α,β-unsaturated/α-hetero) is 1. The quantitative estimate of drug-likeness (QED) is 0.764. The van der Waals surface area contributed by atoms with Crippen LogP contribution < -0.4 is 15.4 Å². The Bertz CT molecular complexity index is 601. The Morgan fingerprint density at radius 3 is 2.81 bits per heavy atom. The van der Waals surface area contributed by atoms with Gasteiger partial charge in [0.1, 0.15) is 11.5 Å². The summed E-state index contributed by atoms with van der Waals surface area (Å²) in [5.74, 6) is 0.100. The first-order valence-electron chi connectivity index (χ1n) is 6.63. The molecule has 112 valence electrons. The standard InChI is InChI=1S/C15H17IN2O3/c1-4-21-12-6-5-10(16)7-11(12)14-13(9(3)19)8(2)17-15(20)18-14/h5-7,13-14H,2,4H2,1,3H3,(H2,17,18,20)/t13-,14+/m1/s1. The third-order valence-corrected chi connectivity index (χ3v) is 3.99. The van der Waals surface area contributed by atoms with Crippen molar-refractivity contribution in [1.82, 2.24) is 10.6 Å². The maximum Gasteiger partial charge on any atom is 0.319 e. The summed E-state index contributed by atoms with van der Waals surface area (Å²) in [5, 5.41) is 5.37. The van der Waals surface area contributed by atoms with Crippen molar-refractivity contribution in [3.8, 4) is 5.75 Å². The van der Waals surface area contributed by atoms with Gasteiger partial charge in [-0.25, -0.2) is 4.79 Å². The van der Waals surface area contributed by atoms with Crippen molar-refractivity contribution < 1.29 is 14.3 Å². The van der Waals surface area contributed by atoms with Crippen LogP contribution in [0.25, 0.3) is 0 Å². The number of halogens is 1. The van der Waals surface area contributed by atoms with Gasteiger partial charge in [0.15, 0.2) is 0 Å². The second-order valence-electron chi connectivity index (χ2n) is 4.80.